The zero-order valence-electron chi connectivity index (χ0n) is 19.0. The molecule has 0 aliphatic heterocycles. The normalized spacial score (nSPS) is 13.0. The van der Waals surface area contributed by atoms with Crippen LogP contribution in [-0.2, 0) is 24.1 Å². The van der Waals surface area contributed by atoms with Crippen molar-refractivity contribution < 1.29 is 24.1 Å². The average molecular weight is 451 g/mol. The summed E-state index contributed by atoms with van der Waals surface area (Å²) < 4.78 is 19.0. The van der Waals surface area contributed by atoms with E-state index in [1.165, 1.54) is 42.9 Å². The number of phenolic OH excluding ortho intramolecular Hbond substituents is 1. The van der Waals surface area contributed by atoms with Crippen molar-refractivity contribution in [2.24, 2.45) is 0 Å². The van der Waals surface area contributed by atoms with Crippen LogP contribution in [0, 0.1) is 5.82 Å². The van der Waals surface area contributed by atoms with Gasteiger partial charge in [0.2, 0.25) is 0 Å². The molecule has 0 spiro atoms. The Kier molecular flexibility index (Phi) is 8.87. The van der Waals surface area contributed by atoms with Gasteiger partial charge in [0.15, 0.2) is 0 Å². The number of aromatic hydroxyl groups is 1. The predicted octanol–water partition coefficient (Wildman–Crippen LogP) is 6.57. The van der Waals surface area contributed by atoms with Gasteiger partial charge >= 0.3 is 5.97 Å². The molecule has 2 N–H and O–H groups in total. The lowest BCUT2D eigenvalue weighted by Crippen LogP contribution is -1.96. The van der Waals surface area contributed by atoms with Gasteiger partial charge in [0, 0.05) is 12.0 Å². The van der Waals surface area contributed by atoms with Crippen LogP contribution in [0.1, 0.15) is 48.8 Å². The highest BCUT2D eigenvalue weighted by atomic mass is 19.1. The fourth-order valence-electron chi connectivity index (χ4n) is 3.56. The molecule has 4 nitrogen and oxygen atoms in total. The molecule has 0 aromatic heterocycles. The van der Waals surface area contributed by atoms with Crippen molar-refractivity contribution in [3.05, 3.63) is 83.2 Å². The third-order valence-electron chi connectivity index (χ3n) is 5.47. The van der Waals surface area contributed by atoms with E-state index in [0.717, 1.165) is 24.0 Å². The second kappa shape index (κ2) is 12.0. The van der Waals surface area contributed by atoms with Gasteiger partial charge in [-0.05, 0) is 78.3 Å². The van der Waals surface area contributed by atoms with E-state index in [1.54, 1.807) is 43.5 Å². The van der Waals surface area contributed by atoms with E-state index in [0.29, 0.717) is 17.7 Å². The van der Waals surface area contributed by atoms with Crippen molar-refractivity contribution in [1.82, 2.24) is 0 Å². The number of carboxylic acids is 1. The Bertz CT molecular complexity index is 1070. The first-order valence-electron chi connectivity index (χ1n) is 11.4. The molecule has 1 fully saturated rings. The van der Waals surface area contributed by atoms with Crippen molar-refractivity contribution in [2.45, 2.75) is 51.4 Å². The van der Waals surface area contributed by atoms with Crippen molar-refractivity contribution >= 4 is 5.97 Å². The summed E-state index contributed by atoms with van der Waals surface area (Å²) in [6.45, 7) is 0. The Morgan fingerprint density at radius 2 is 1.70 bits per heavy atom. The van der Waals surface area contributed by atoms with E-state index in [4.69, 9.17) is 14.9 Å². The summed E-state index contributed by atoms with van der Waals surface area (Å²) in [6, 6.07) is 17.7. The number of ether oxygens (including phenoxy) is 1. The molecule has 0 unspecified atom stereocenters. The van der Waals surface area contributed by atoms with Gasteiger partial charge in [0.1, 0.15) is 17.3 Å². The molecule has 2 aliphatic carbocycles. The van der Waals surface area contributed by atoms with Gasteiger partial charge in [-0.1, -0.05) is 49.6 Å². The number of hydrogen-bond acceptors (Lipinski definition) is 3. The lowest BCUT2D eigenvalue weighted by Gasteiger charge is -2.08. The highest BCUT2D eigenvalue weighted by molar-refractivity contribution is 5.68. The highest BCUT2D eigenvalue weighted by Crippen LogP contribution is 2.31. The maximum absolute atomic E-state index is 13.9. The number of halogens is 1. The van der Waals surface area contributed by atoms with Crippen LogP contribution in [0.25, 0.3) is 11.1 Å². The highest BCUT2D eigenvalue weighted by Gasteiger charge is 2.13. The zero-order chi connectivity index (χ0) is 23.6. The Morgan fingerprint density at radius 3 is 2.36 bits per heavy atom. The van der Waals surface area contributed by atoms with Gasteiger partial charge in [-0.15, -0.1) is 0 Å². The summed E-state index contributed by atoms with van der Waals surface area (Å²) in [6.07, 6.45) is 8.53. The molecule has 0 heterocycles. The third-order valence-corrected chi connectivity index (χ3v) is 5.47. The molecule has 1 saturated carbocycles. The lowest BCUT2D eigenvalue weighted by atomic mass is 10.00. The molecular weight excluding hydrogens is 419 g/mol. The first-order valence-corrected chi connectivity index (χ1v) is 11.4. The Balaban J connectivity index is 0.000000175. The quantitative estimate of drug-likeness (QED) is 0.461. The molecule has 5 rings (SSSR count). The first kappa shape index (κ1) is 24.3. The van der Waals surface area contributed by atoms with Crippen LogP contribution < -0.4 is 4.74 Å². The maximum atomic E-state index is 13.9. The molecular formula is C28H31FO4. The van der Waals surface area contributed by atoms with Gasteiger partial charge in [0.25, 0.3) is 0 Å². The van der Waals surface area contributed by atoms with E-state index >= 15 is 0 Å². The van der Waals surface area contributed by atoms with E-state index in [9.17, 15) is 9.18 Å². The van der Waals surface area contributed by atoms with Gasteiger partial charge in [-0.2, -0.15) is 0 Å². The third kappa shape index (κ3) is 7.94. The summed E-state index contributed by atoms with van der Waals surface area (Å²) >= 11 is 0. The number of benzene rings is 3. The number of rotatable bonds is 5. The molecule has 0 atom stereocenters. The average Bonchev–Trinajstić information content (AvgIpc) is 3.63. The lowest BCUT2D eigenvalue weighted by molar-refractivity contribution is -0.136. The second-order valence-electron chi connectivity index (χ2n) is 8.31. The summed E-state index contributed by atoms with van der Waals surface area (Å²) in [5, 5.41) is 17.4. The molecule has 174 valence electrons. The Morgan fingerprint density at radius 1 is 0.939 bits per heavy atom. The van der Waals surface area contributed by atoms with Crippen LogP contribution in [0.2, 0.25) is 0 Å². The molecule has 5 heteroatoms. The van der Waals surface area contributed by atoms with Crippen molar-refractivity contribution in [2.75, 3.05) is 7.11 Å². The van der Waals surface area contributed by atoms with E-state index in [1.807, 2.05) is 6.07 Å². The smallest absolute Gasteiger partial charge is 0.303 e. The maximum Gasteiger partial charge on any atom is 0.303 e. The van der Waals surface area contributed by atoms with Gasteiger partial charge in [0.05, 0.1) is 7.11 Å². The largest absolute Gasteiger partial charge is 0.508 e. The van der Waals surface area contributed by atoms with Gasteiger partial charge < -0.3 is 14.9 Å². The Labute approximate surface area is 194 Å². The Hall–Kier alpha value is -3.34. The van der Waals surface area contributed by atoms with Crippen LogP contribution in [0.4, 0.5) is 4.39 Å². The van der Waals surface area contributed by atoms with Gasteiger partial charge in [-0.3, -0.25) is 4.79 Å². The van der Waals surface area contributed by atoms with Crippen molar-refractivity contribution in [3.63, 3.8) is 0 Å². The molecule has 0 amide bonds. The number of hydrogen-bond donors (Lipinski definition) is 2. The standard InChI is InChI=1S/C16H15FO.C9H10O3.C3H6/c1-18-14-7-8-16(17)15(10-14)13-6-5-11-3-2-4-12(11)9-13;10-8-3-1-2-7(6-8)4-5-9(11)12;1-2-3-1/h5-10H,2-4H2,1H3;1-3,6,10H,4-5H2,(H,11,12);1-3H2. The number of phenols is 1. The minimum absolute atomic E-state index is 0.101. The summed E-state index contributed by atoms with van der Waals surface area (Å²) in [4.78, 5) is 10.2. The van der Waals surface area contributed by atoms with Crippen LogP contribution in [0.15, 0.2) is 60.7 Å². The molecule has 3 aromatic rings. The van der Waals surface area contributed by atoms with Crippen molar-refractivity contribution in [1.29, 1.82) is 0 Å². The minimum atomic E-state index is -0.821. The summed E-state index contributed by atoms with van der Waals surface area (Å²) in [7, 11) is 1.60. The molecule has 3 aromatic carbocycles. The number of aryl methyl sites for hydroxylation is 3. The van der Waals surface area contributed by atoms with Crippen molar-refractivity contribution in [3.8, 4) is 22.6 Å². The second-order valence-corrected chi connectivity index (χ2v) is 8.31. The monoisotopic (exact) mass is 450 g/mol. The number of carboxylic acid groups (broad SMARTS) is 1. The number of carbonyl (C=O) groups is 1. The fourth-order valence-corrected chi connectivity index (χ4v) is 3.56. The number of methoxy groups -OCH3 is 1. The van der Waals surface area contributed by atoms with Gasteiger partial charge in [-0.25, -0.2) is 4.39 Å². The summed E-state index contributed by atoms with van der Waals surface area (Å²) in [5.74, 6) is -0.156. The molecule has 0 saturated heterocycles. The minimum Gasteiger partial charge on any atom is -0.508 e. The fraction of sp³-hybridized carbons (Fsp3) is 0.321. The van der Waals surface area contributed by atoms with Crippen LogP contribution in [0.3, 0.4) is 0 Å². The predicted molar refractivity (Wildman–Crippen MR) is 128 cm³/mol. The van der Waals surface area contributed by atoms with E-state index in [-0.39, 0.29) is 18.0 Å². The molecule has 33 heavy (non-hydrogen) atoms. The van der Waals surface area contributed by atoms with E-state index in [2.05, 4.69) is 12.1 Å². The number of aliphatic carboxylic acids is 1. The molecule has 2 aliphatic rings. The topological polar surface area (TPSA) is 66.8 Å². The van der Waals surface area contributed by atoms with Crippen LogP contribution in [-0.4, -0.2) is 23.3 Å². The first-order chi connectivity index (χ1) is 16.0. The number of fused-ring (bicyclic) bond motifs is 1. The molecule has 0 bridgehead atoms. The van der Waals surface area contributed by atoms with Crippen LogP contribution >= 0.6 is 0 Å². The molecule has 0 radical (unpaired) electrons. The van der Waals surface area contributed by atoms with Crippen LogP contribution in [0.5, 0.6) is 11.5 Å². The zero-order valence-corrected chi connectivity index (χ0v) is 19.0. The summed E-state index contributed by atoms with van der Waals surface area (Å²) in [5.41, 5.74) is 5.16. The SMILES string of the molecule is C1CC1.COc1ccc(F)c(-c2ccc3c(c2)CCC3)c1.O=C(O)CCc1cccc(O)c1. The van der Waals surface area contributed by atoms with E-state index < -0.39 is 5.97 Å².